The van der Waals surface area contributed by atoms with Crippen LogP contribution in [-0.2, 0) is 19.4 Å². The quantitative estimate of drug-likeness (QED) is 0.923. The summed E-state index contributed by atoms with van der Waals surface area (Å²) in [5.41, 5.74) is 7.73. The molecule has 0 spiro atoms. The second-order valence-electron chi connectivity index (χ2n) is 6.90. The first-order valence-electron chi connectivity index (χ1n) is 8.49. The van der Waals surface area contributed by atoms with Crippen molar-refractivity contribution in [3.05, 3.63) is 16.3 Å². The van der Waals surface area contributed by atoms with E-state index in [-0.39, 0.29) is 0 Å². The number of anilines is 1. The minimum Gasteiger partial charge on any atom is -0.383 e. The van der Waals surface area contributed by atoms with Gasteiger partial charge in [-0.05, 0) is 56.6 Å². The second kappa shape index (κ2) is 5.78. The molecule has 0 unspecified atom stereocenters. The van der Waals surface area contributed by atoms with Gasteiger partial charge >= 0.3 is 0 Å². The summed E-state index contributed by atoms with van der Waals surface area (Å²) in [5, 5.41) is 1.15. The Morgan fingerprint density at radius 3 is 2.95 bits per heavy atom. The van der Waals surface area contributed by atoms with Crippen molar-refractivity contribution in [2.24, 2.45) is 5.92 Å². The van der Waals surface area contributed by atoms with Crippen molar-refractivity contribution in [2.75, 3.05) is 18.8 Å². The molecule has 4 rings (SSSR count). The van der Waals surface area contributed by atoms with Gasteiger partial charge in [-0.15, -0.1) is 11.3 Å². The molecule has 1 saturated heterocycles. The molecule has 2 aliphatic rings. The van der Waals surface area contributed by atoms with E-state index in [4.69, 9.17) is 10.7 Å². The molecule has 0 saturated carbocycles. The van der Waals surface area contributed by atoms with Crippen LogP contribution in [0.1, 0.15) is 48.9 Å². The monoisotopic (exact) mass is 316 g/mol. The SMILES string of the molecule is C[C@H]1CCCN(Cc2nc(N)c3c4c(sc3n2)CCCC4)C1. The Kier molecular flexibility index (Phi) is 3.78. The van der Waals surface area contributed by atoms with E-state index in [1.807, 2.05) is 11.3 Å². The number of nitrogens with zero attached hydrogens (tertiary/aromatic N) is 3. The van der Waals surface area contributed by atoms with Gasteiger partial charge in [-0.3, -0.25) is 4.90 Å². The third-order valence-electron chi connectivity index (χ3n) is 5.00. The number of rotatable bonds is 2. The molecular formula is C17H24N4S. The normalized spacial score (nSPS) is 22.9. The number of thiophene rings is 1. The molecule has 0 bridgehead atoms. The van der Waals surface area contributed by atoms with Crippen molar-refractivity contribution in [3.8, 4) is 0 Å². The maximum absolute atomic E-state index is 6.29. The van der Waals surface area contributed by atoms with Crippen LogP contribution in [0.2, 0.25) is 0 Å². The summed E-state index contributed by atoms with van der Waals surface area (Å²) < 4.78 is 0. The van der Waals surface area contributed by atoms with Crippen molar-refractivity contribution in [2.45, 2.75) is 52.0 Å². The number of piperidine rings is 1. The predicted octanol–water partition coefficient (Wildman–Crippen LogP) is 3.38. The lowest BCUT2D eigenvalue weighted by molar-refractivity contribution is 0.173. The molecule has 1 aliphatic carbocycles. The summed E-state index contributed by atoms with van der Waals surface area (Å²) in [6, 6.07) is 0. The largest absolute Gasteiger partial charge is 0.383 e. The van der Waals surface area contributed by atoms with Crippen LogP contribution >= 0.6 is 11.3 Å². The summed E-state index contributed by atoms with van der Waals surface area (Å²) >= 11 is 1.84. The molecule has 5 heteroatoms. The molecule has 0 radical (unpaired) electrons. The number of nitrogen functional groups attached to an aromatic ring is 1. The summed E-state index contributed by atoms with van der Waals surface area (Å²) in [4.78, 5) is 14.6. The maximum atomic E-state index is 6.29. The highest BCUT2D eigenvalue weighted by Crippen LogP contribution is 2.37. The van der Waals surface area contributed by atoms with Crippen molar-refractivity contribution in [3.63, 3.8) is 0 Å². The Bertz CT molecular complexity index is 694. The number of hydrogen-bond acceptors (Lipinski definition) is 5. The molecular weight excluding hydrogens is 292 g/mol. The first-order chi connectivity index (χ1) is 10.7. The van der Waals surface area contributed by atoms with E-state index in [1.54, 1.807) is 0 Å². The zero-order valence-electron chi connectivity index (χ0n) is 13.3. The molecule has 1 atom stereocenters. The lowest BCUT2D eigenvalue weighted by Crippen LogP contribution is -2.34. The number of hydrogen-bond donors (Lipinski definition) is 1. The molecule has 118 valence electrons. The van der Waals surface area contributed by atoms with Gasteiger partial charge in [0.2, 0.25) is 0 Å². The fourth-order valence-corrected chi connectivity index (χ4v) is 5.22. The fourth-order valence-electron chi connectivity index (χ4n) is 3.93. The van der Waals surface area contributed by atoms with Crippen LogP contribution in [0.4, 0.5) is 5.82 Å². The molecule has 0 amide bonds. The van der Waals surface area contributed by atoms with E-state index in [0.717, 1.165) is 48.0 Å². The third-order valence-corrected chi connectivity index (χ3v) is 6.18. The van der Waals surface area contributed by atoms with Crippen molar-refractivity contribution >= 4 is 27.4 Å². The molecule has 0 aromatic carbocycles. The zero-order chi connectivity index (χ0) is 15.1. The van der Waals surface area contributed by atoms with Crippen LogP contribution in [0.15, 0.2) is 0 Å². The van der Waals surface area contributed by atoms with Gasteiger partial charge in [-0.1, -0.05) is 6.92 Å². The molecule has 2 aromatic rings. The van der Waals surface area contributed by atoms with Crippen molar-refractivity contribution < 1.29 is 0 Å². The number of aryl methyl sites for hydroxylation is 2. The van der Waals surface area contributed by atoms with Crippen LogP contribution in [0.3, 0.4) is 0 Å². The number of fused-ring (bicyclic) bond motifs is 3. The van der Waals surface area contributed by atoms with E-state index in [9.17, 15) is 0 Å². The van der Waals surface area contributed by atoms with Crippen LogP contribution in [0, 0.1) is 5.92 Å². The van der Waals surface area contributed by atoms with Crippen LogP contribution in [0.25, 0.3) is 10.2 Å². The predicted molar refractivity (Wildman–Crippen MR) is 92.1 cm³/mol. The number of aromatic nitrogens is 2. The molecule has 1 aliphatic heterocycles. The van der Waals surface area contributed by atoms with Crippen molar-refractivity contribution in [1.82, 2.24) is 14.9 Å². The van der Waals surface area contributed by atoms with E-state index in [0.29, 0.717) is 5.82 Å². The summed E-state index contributed by atoms with van der Waals surface area (Å²) in [7, 11) is 0. The van der Waals surface area contributed by atoms with Gasteiger partial charge in [0, 0.05) is 11.4 Å². The first-order valence-corrected chi connectivity index (χ1v) is 9.31. The summed E-state index contributed by atoms with van der Waals surface area (Å²) in [6.45, 7) is 5.49. The van der Waals surface area contributed by atoms with Gasteiger partial charge in [0.15, 0.2) is 0 Å². The lowest BCUT2D eigenvalue weighted by Gasteiger charge is -2.30. The average molecular weight is 316 g/mol. The van der Waals surface area contributed by atoms with E-state index in [2.05, 4.69) is 16.8 Å². The van der Waals surface area contributed by atoms with Gasteiger partial charge in [-0.25, -0.2) is 9.97 Å². The highest BCUT2D eigenvalue weighted by Gasteiger charge is 2.22. The molecule has 1 fully saturated rings. The number of nitrogens with two attached hydrogens (primary N) is 1. The zero-order valence-corrected chi connectivity index (χ0v) is 14.1. The highest BCUT2D eigenvalue weighted by molar-refractivity contribution is 7.19. The van der Waals surface area contributed by atoms with Gasteiger partial charge in [-0.2, -0.15) is 0 Å². The van der Waals surface area contributed by atoms with Gasteiger partial charge in [0.1, 0.15) is 16.5 Å². The van der Waals surface area contributed by atoms with Crippen LogP contribution in [0.5, 0.6) is 0 Å². The first kappa shape index (κ1) is 14.4. The lowest BCUT2D eigenvalue weighted by atomic mass is 9.97. The Labute approximate surface area is 135 Å². The standard InChI is InChI=1S/C17H24N4S/c1-11-5-4-8-21(9-11)10-14-19-16(18)15-12-6-2-3-7-13(12)22-17(15)20-14/h11H,2-10H2,1H3,(H2,18,19,20)/t11-/m0/s1. The van der Waals surface area contributed by atoms with E-state index in [1.165, 1.54) is 42.5 Å². The third kappa shape index (κ3) is 2.61. The number of likely N-dealkylation sites (tertiary alicyclic amines) is 1. The highest BCUT2D eigenvalue weighted by atomic mass is 32.1. The second-order valence-corrected chi connectivity index (χ2v) is 7.98. The van der Waals surface area contributed by atoms with E-state index < -0.39 is 0 Å². The molecule has 2 aromatic heterocycles. The topological polar surface area (TPSA) is 55.0 Å². The van der Waals surface area contributed by atoms with Crippen LogP contribution in [-0.4, -0.2) is 28.0 Å². The molecule has 2 N–H and O–H groups in total. The Hall–Kier alpha value is -1.20. The van der Waals surface area contributed by atoms with Gasteiger partial charge < -0.3 is 5.73 Å². The molecule has 4 nitrogen and oxygen atoms in total. The Morgan fingerprint density at radius 2 is 2.09 bits per heavy atom. The maximum Gasteiger partial charge on any atom is 0.146 e. The molecule has 3 heterocycles. The average Bonchev–Trinajstić information content (AvgIpc) is 2.85. The van der Waals surface area contributed by atoms with Gasteiger partial charge in [0.25, 0.3) is 0 Å². The Morgan fingerprint density at radius 1 is 1.23 bits per heavy atom. The fraction of sp³-hybridized carbons (Fsp3) is 0.647. The minimum absolute atomic E-state index is 0.699. The van der Waals surface area contributed by atoms with Gasteiger partial charge in [0.05, 0.1) is 11.9 Å². The minimum atomic E-state index is 0.699. The van der Waals surface area contributed by atoms with Crippen LogP contribution < -0.4 is 5.73 Å². The van der Waals surface area contributed by atoms with Crippen molar-refractivity contribution in [1.29, 1.82) is 0 Å². The smallest absolute Gasteiger partial charge is 0.146 e. The van der Waals surface area contributed by atoms with E-state index >= 15 is 0 Å². The summed E-state index contributed by atoms with van der Waals surface area (Å²) in [6.07, 6.45) is 7.53. The Balaban J connectivity index is 1.65. The summed E-state index contributed by atoms with van der Waals surface area (Å²) in [5.74, 6) is 2.38. The molecule has 22 heavy (non-hydrogen) atoms.